The number of aromatic hydroxyl groups is 1. The largest absolute Gasteiger partial charge is 0.507 e. The number of hydrogen-bond donors (Lipinski definition) is 2. The molecule has 106 valence electrons. The molecule has 4 nitrogen and oxygen atoms in total. The molecule has 0 amide bonds. The number of fused-ring (bicyclic) bond motifs is 1. The minimum atomic E-state index is 0.223. The van der Waals surface area contributed by atoms with E-state index in [1.54, 1.807) is 17.4 Å². The van der Waals surface area contributed by atoms with E-state index >= 15 is 0 Å². The second-order valence-electron chi connectivity index (χ2n) is 4.66. The highest BCUT2D eigenvalue weighted by Gasteiger charge is 2.16. The number of nitrogens with one attached hydrogen (secondary N) is 1. The van der Waals surface area contributed by atoms with E-state index in [2.05, 4.69) is 23.7 Å². The Balaban J connectivity index is 1.64. The highest BCUT2D eigenvalue weighted by molar-refractivity contribution is 7.10. The lowest BCUT2D eigenvalue weighted by molar-refractivity contribution is 0.174. The lowest BCUT2D eigenvalue weighted by Gasteiger charge is -2.08. The quantitative estimate of drug-likeness (QED) is 0.889. The number of ether oxygens (including phenoxy) is 2. The van der Waals surface area contributed by atoms with Crippen LogP contribution in [0.1, 0.15) is 22.9 Å². The van der Waals surface area contributed by atoms with Crippen molar-refractivity contribution in [3.63, 3.8) is 0 Å². The Hall–Kier alpha value is -1.72. The van der Waals surface area contributed by atoms with Gasteiger partial charge in [0.25, 0.3) is 0 Å². The van der Waals surface area contributed by atoms with Gasteiger partial charge >= 0.3 is 0 Å². The van der Waals surface area contributed by atoms with Crippen LogP contribution in [-0.2, 0) is 19.5 Å². The SMILES string of the molecule is CCc1ccsc1CNCc1cc2c(cc1O)OCO2. The fourth-order valence-electron chi connectivity index (χ4n) is 2.26. The van der Waals surface area contributed by atoms with E-state index < -0.39 is 0 Å². The monoisotopic (exact) mass is 291 g/mol. The molecule has 2 aromatic rings. The van der Waals surface area contributed by atoms with Gasteiger partial charge in [0.05, 0.1) is 0 Å². The van der Waals surface area contributed by atoms with E-state index in [1.165, 1.54) is 10.4 Å². The van der Waals surface area contributed by atoms with Crippen molar-refractivity contribution in [1.82, 2.24) is 5.32 Å². The van der Waals surface area contributed by atoms with Gasteiger partial charge < -0.3 is 19.9 Å². The summed E-state index contributed by atoms with van der Waals surface area (Å²) in [5.74, 6) is 1.55. The molecular formula is C15H17NO3S. The molecule has 2 N–H and O–H groups in total. The molecule has 3 rings (SSSR count). The van der Waals surface area contributed by atoms with Crippen LogP contribution in [0.15, 0.2) is 23.6 Å². The van der Waals surface area contributed by atoms with Gasteiger partial charge in [-0.05, 0) is 29.5 Å². The Bertz CT molecular complexity index is 609. The second-order valence-corrected chi connectivity index (χ2v) is 5.66. The van der Waals surface area contributed by atoms with Gasteiger partial charge in [0.1, 0.15) is 5.75 Å². The maximum atomic E-state index is 9.96. The molecule has 5 heteroatoms. The fraction of sp³-hybridized carbons (Fsp3) is 0.333. The third-order valence-electron chi connectivity index (χ3n) is 3.39. The maximum Gasteiger partial charge on any atom is 0.231 e. The van der Waals surface area contributed by atoms with Crippen LogP contribution in [0, 0.1) is 0 Å². The van der Waals surface area contributed by atoms with Crippen LogP contribution < -0.4 is 14.8 Å². The number of phenols is 1. The summed E-state index contributed by atoms with van der Waals surface area (Å²) in [5.41, 5.74) is 2.21. The van der Waals surface area contributed by atoms with E-state index in [0.717, 1.165) is 18.5 Å². The predicted octanol–water partition coefficient (Wildman–Crippen LogP) is 3.03. The van der Waals surface area contributed by atoms with Gasteiger partial charge in [-0.2, -0.15) is 0 Å². The molecule has 0 fully saturated rings. The minimum absolute atomic E-state index is 0.223. The molecule has 0 bridgehead atoms. The van der Waals surface area contributed by atoms with Crippen molar-refractivity contribution in [2.45, 2.75) is 26.4 Å². The van der Waals surface area contributed by atoms with Crippen LogP contribution in [0.4, 0.5) is 0 Å². The molecule has 0 radical (unpaired) electrons. The van der Waals surface area contributed by atoms with Crippen molar-refractivity contribution in [1.29, 1.82) is 0 Å². The first-order valence-corrected chi connectivity index (χ1v) is 7.53. The van der Waals surface area contributed by atoms with Gasteiger partial charge in [0, 0.05) is 29.6 Å². The van der Waals surface area contributed by atoms with Crippen LogP contribution in [0.3, 0.4) is 0 Å². The van der Waals surface area contributed by atoms with Crippen molar-refractivity contribution in [3.05, 3.63) is 39.6 Å². The highest BCUT2D eigenvalue weighted by Crippen LogP contribution is 2.37. The summed E-state index contributed by atoms with van der Waals surface area (Å²) < 4.78 is 10.6. The third-order valence-corrected chi connectivity index (χ3v) is 4.36. The molecule has 0 spiro atoms. The molecule has 20 heavy (non-hydrogen) atoms. The number of rotatable bonds is 5. The average Bonchev–Trinajstić information content (AvgIpc) is 3.07. The van der Waals surface area contributed by atoms with Crippen LogP contribution in [-0.4, -0.2) is 11.9 Å². The van der Waals surface area contributed by atoms with Gasteiger partial charge in [-0.3, -0.25) is 0 Å². The molecule has 1 aromatic heterocycles. The van der Waals surface area contributed by atoms with E-state index in [-0.39, 0.29) is 12.5 Å². The lowest BCUT2D eigenvalue weighted by Crippen LogP contribution is -2.12. The molecule has 2 heterocycles. The molecule has 0 atom stereocenters. The van der Waals surface area contributed by atoms with Gasteiger partial charge in [-0.15, -0.1) is 11.3 Å². The van der Waals surface area contributed by atoms with E-state index in [1.807, 2.05) is 6.07 Å². The standard InChI is InChI=1S/C15H17NO3S/c1-2-10-3-4-20-15(10)8-16-7-11-5-13-14(6-12(11)17)19-9-18-13/h3-6,16-17H,2,7-9H2,1H3. The smallest absolute Gasteiger partial charge is 0.231 e. The summed E-state index contributed by atoms with van der Waals surface area (Å²) in [6, 6.07) is 5.61. The van der Waals surface area contributed by atoms with Crippen molar-refractivity contribution in [2.75, 3.05) is 6.79 Å². The Morgan fingerprint density at radius 3 is 2.80 bits per heavy atom. The zero-order valence-corrected chi connectivity index (χ0v) is 12.1. The van der Waals surface area contributed by atoms with Gasteiger partial charge in [0.15, 0.2) is 11.5 Å². The van der Waals surface area contributed by atoms with Crippen LogP contribution >= 0.6 is 11.3 Å². The first kappa shape index (κ1) is 13.3. The molecule has 1 aliphatic heterocycles. The Morgan fingerprint density at radius 2 is 2.00 bits per heavy atom. The molecule has 0 saturated heterocycles. The zero-order valence-electron chi connectivity index (χ0n) is 11.3. The number of benzene rings is 1. The van der Waals surface area contributed by atoms with Gasteiger partial charge in [0.2, 0.25) is 6.79 Å². The van der Waals surface area contributed by atoms with Crippen LogP contribution in [0.25, 0.3) is 0 Å². The van der Waals surface area contributed by atoms with Crippen molar-refractivity contribution in [3.8, 4) is 17.2 Å². The molecule has 0 aliphatic carbocycles. The van der Waals surface area contributed by atoms with Crippen LogP contribution in [0.5, 0.6) is 17.2 Å². The van der Waals surface area contributed by atoms with E-state index in [4.69, 9.17) is 9.47 Å². The molecule has 0 unspecified atom stereocenters. The fourth-order valence-corrected chi connectivity index (χ4v) is 3.21. The molecule has 0 saturated carbocycles. The average molecular weight is 291 g/mol. The molecular weight excluding hydrogens is 274 g/mol. The van der Waals surface area contributed by atoms with Crippen molar-refractivity contribution >= 4 is 11.3 Å². The predicted molar refractivity (Wildman–Crippen MR) is 78.5 cm³/mol. The minimum Gasteiger partial charge on any atom is -0.507 e. The van der Waals surface area contributed by atoms with Gasteiger partial charge in [-0.25, -0.2) is 0 Å². The Morgan fingerprint density at radius 1 is 1.20 bits per heavy atom. The Kier molecular flexibility index (Phi) is 3.80. The summed E-state index contributed by atoms with van der Waals surface area (Å²) in [7, 11) is 0. The summed E-state index contributed by atoms with van der Waals surface area (Å²) >= 11 is 1.76. The summed E-state index contributed by atoms with van der Waals surface area (Å²) in [5, 5.41) is 15.4. The lowest BCUT2D eigenvalue weighted by atomic mass is 10.1. The Labute approximate surface area is 122 Å². The topological polar surface area (TPSA) is 50.7 Å². The maximum absolute atomic E-state index is 9.96. The number of hydrogen-bond acceptors (Lipinski definition) is 5. The summed E-state index contributed by atoms with van der Waals surface area (Å²) in [6.45, 7) is 3.80. The van der Waals surface area contributed by atoms with E-state index in [0.29, 0.717) is 18.0 Å². The number of thiophene rings is 1. The van der Waals surface area contributed by atoms with Crippen molar-refractivity contribution < 1.29 is 14.6 Å². The zero-order chi connectivity index (χ0) is 13.9. The molecule has 1 aromatic carbocycles. The van der Waals surface area contributed by atoms with Crippen molar-refractivity contribution in [2.24, 2.45) is 0 Å². The first-order valence-electron chi connectivity index (χ1n) is 6.65. The molecule has 1 aliphatic rings. The highest BCUT2D eigenvalue weighted by atomic mass is 32.1. The first-order chi connectivity index (χ1) is 9.78. The van der Waals surface area contributed by atoms with E-state index in [9.17, 15) is 5.11 Å². The third kappa shape index (κ3) is 2.59. The second kappa shape index (κ2) is 5.73. The normalized spacial score (nSPS) is 12.8. The number of phenolic OH excluding ortho intramolecular Hbond substituents is 1. The number of aryl methyl sites for hydroxylation is 1. The summed E-state index contributed by atoms with van der Waals surface area (Å²) in [6.07, 6.45) is 1.05. The van der Waals surface area contributed by atoms with Crippen LogP contribution in [0.2, 0.25) is 0 Å². The summed E-state index contributed by atoms with van der Waals surface area (Å²) in [4.78, 5) is 1.35. The van der Waals surface area contributed by atoms with Gasteiger partial charge in [-0.1, -0.05) is 6.92 Å².